The molecule has 1 amide bonds. The van der Waals surface area contributed by atoms with Gasteiger partial charge in [-0.25, -0.2) is 4.79 Å². The zero-order valence-corrected chi connectivity index (χ0v) is 13.7. The monoisotopic (exact) mass is 341 g/mol. The summed E-state index contributed by atoms with van der Waals surface area (Å²) in [4.78, 5) is 23.2. The van der Waals surface area contributed by atoms with Crippen molar-refractivity contribution in [1.82, 2.24) is 5.32 Å². The van der Waals surface area contributed by atoms with E-state index in [1.165, 1.54) is 6.07 Å². The van der Waals surface area contributed by atoms with Gasteiger partial charge in [0.05, 0.1) is 12.0 Å². The fraction of sp³-hybridized carbons (Fsp3) is 0.263. The molecule has 0 spiro atoms. The summed E-state index contributed by atoms with van der Waals surface area (Å²) in [5.41, 5.74) is 1.70. The van der Waals surface area contributed by atoms with Crippen molar-refractivity contribution in [3.8, 4) is 11.5 Å². The lowest BCUT2D eigenvalue weighted by atomic mass is 10.0. The summed E-state index contributed by atoms with van der Waals surface area (Å²) >= 11 is 0. The first-order valence-corrected chi connectivity index (χ1v) is 8.10. The molecule has 3 rings (SSSR count). The Balaban J connectivity index is 1.52. The predicted octanol–water partition coefficient (Wildman–Crippen LogP) is 2.06. The van der Waals surface area contributed by atoms with Crippen LogP contribution < -0.4 is 14.8 Å². The minimum atomic E-state index is -1.03. The third kappa shape index (κ3) is 4.29. The summed E-state index contributed by atoms with van der Waals surface area (Å²) < 4.78 is 11.0. The molecule has 25 heavy (non-hydrogen) atoms. The van der Waals surface area contributed by atoms with Crippen molar-refractivity contribution in [1.29, 1.82) is 0 Å². The largest absolute Gasteiger partial charge is 0.486 e. The van der Waals surface area contributed by atoms with E-state index in [0.29, 0.717) is 31.7 Å². The molecule has 0 saturated carbocycles. The van der Waals surface area contributed by atoms with Gasteiger partial charge >= 0.3 is 5.97 Å². The highest BCUT2D eigenvalue weighted by Gasteiger charge is 2.13. The normalized spacial score (nSPS) is 12.5. The summed E-state index contributed by atoms with van der Waals surface area (Å²) in [6, 6.07) is 12.3. The average Bonchev–Trinajstić information content (AvgIpc) is 2.62. The van der Waals surface area contributed by atoms with Crippen LogP contribution >= 0.6 is 0 Å². The van der Waals surface area contributed by atoms with Crippen molar-refractivity contribution < 1.29 is 24.2 Å². The second-order valence-corrected chi connectivity index (χ2v) is 5.72. The van der Waals surface area contributed by atoms with Crippen LogP contribution in [-0.2, 0) is 17.6 Å². The maximum atomic E-state index is 12.1. The zero-order chi connectivity index (χ0) is 17.6. The molecule has 0 atom stereocenters. The molecule has 0 fully saturated rings. The van der Waals surface area contributed by atoms with Crippen LogP contribution in [0.3, 0.4) is 0 Å². The summed E-state index contributed by atoms with van der Waals surface area (Å²) in [5, 5.41) is 12.0. The quantitative estimate of drug-likeness (QED) is 0.840. The lowest BCUT2D eigenvalue weighted by Gasteiger charge is -2.18. The molecular formula is C19H19NO5. The molecule has 6 heteroatoms. The minimum Gasteiger partial charge on any atom is -0.486 e. The van der Waals surface area contributed by atoms with Crippen LogP contribution in [0.15, 0.2) is 42.5 Å². The van der Waals surface area contributed by atoms with Crippen molar-refractivity contribution in [3.05, 3.63) is 59.2 Å². The number of hydrogen-bond donors (Lipinski definition) is 2. The first-order chi connectivity index (χ1) is 12.1. The Kier molecular flexibility index (Phi) is 5.18. The molecular weight excluding hydrogens is 322 g/mol. The number of carbonyl (C=O) groups is 2. The van der Waals surface area contributed by atoms with Crippen LogP contribution in [0, 0.1) is 0 Å². The standard InChI is InChI=1S/C19H19NO5/c21-18(12-14-3-1-2-4-15(14)19(22)23)20-8-7-13-5-6-16-17(11-13)25-10-9-24-16/h1-6,11H,7-10,12H2,(H,20,21)(H,22,23). The van der Waals surface area contributed by atoms with E-state index in [1.807, 2.05) is 18.2 Å². The summed E-state index contributed by atoms with van der Waals surface area (Å²) in [6.45, 7) is 1.56. The molecule has 0 saturated heterocycles. The lowest BCUT2D eigenvalue weighted by molar-refractivity contribution is -0.120. The number of amides is 1. The van der Waals surface area contributed by atoms with E-state index in [2.05, 4.69) is 5.32 Å². The van der Waals surface area contributed by atoms with Crippen molar-refractivity contribution >= 4 is 11.9 Å². The van der Waals surface area contributed by atoms with Crippen LogP contribution in [0.1, 0.15) is 21.5 Å². The zero-order valence-electron chi connectivity index (χ0n) is 13.7. The molecule has 130 valence electrons. The van der Waals surface area contributed by atoms with Gasteiger partial charge in [-0.05, 0) is 35.7 Å². The molecule has 2 N–H and O–H groups in total. The highest BCUT2D eigenvalue weighted by molar-refractivity contribution is 5.91. The molecule has 1 heterocycles. The number of aromatic carboxylic acids is 1. The van der Waals surface area contributed by atoms with Gasteiger partial charge < -0.3 is 19.9 Å². The van der Waals surface area contributed by atoms with Gasteiger partial charge in [-0.15, -0.1) is 0 Å². The second kappa shape index (κ2) is 7.70. The molecule has 1 aliphatic heterocycles. The first kappa shape index (κ1) is 16.8. The Morgan fingerprint density at radius 2 is 1.80 bits per heavy atom. The number of fused-ring (bicyclic) bond motifs is 1. The van der Waals surface area contributed by atoms with Crippen molar-refractivity contribution in [2.24, 2.45) is 0 Å². The van der Waals surface area contributed by atoms with E-state index in [-0.39, 0.29) is 17.9 Å². The highest BCUT2D eigenvalue weighted by Crippen LogP contribution is 2.30. The van der Waals surface area contributed by atoms with Gasteiger partial charge in [0.2, 0.25) is 5.91 Å². The average molecular weight is 341 g/mol. The Labute approximate surface area is 145 Å². The fourth-order valence-corrected chi connectivity index (χ4v) is 2.71. The van der Waals surface area contributed by atoms with Crippen LogP contribution in [0.5, 0.6) is 11.5 Å². The van der Waals surface area contributed by atoms with Gasteiger partial charge in [-0.1, -0.05) is 24.3 Å². The molecule has 6 nitrogen and oxygen atoms in total. The second-order valence-electron chi connectivity index (χ2n) is 5.72. The number of carboxylic acids is 1. The van der Waals surface area contributed by atoms with Gasteiger partial charge in [0.1, 0.15) is 13.2 Å². The maximum Gasteiger partial charge on any atom is 0.335 e. The van der Waals surface area contributed by atoms with Crippen molar-refractivity contribution in [3.63, 3.8) is 0 Å². The Hall–Kier alpha value is -3.02. The fourth-order valence-electron chi connectivity index (χ4n) is 2.71. The molecule has 2 aromatic rings. The first-order valence-electron chi connectivity index (χ1n) is 8.10. The topological polar surface area (TPSA) is 84.9 Å². The number of rotatable bonds is 6. The Morgan fingerprint density at radius 3 is 2.60 bits per heavy atom. The Bertz CT molecular complexity index is 787. The van der Waals surface area contributed by atoms with Gasteiger partial charge in [0.25, 0.3) is 0 Å². The van der Waals surface area contributed by atoms with Crippen molar-refractivity contribution in [2.75, 3.05) is 19.8 Å². The summed E-state index contributed by atoms with van der Waals surface area (Å²) in [5.74, 6) is 0.237. The number of carboxylic acid groups (broad SMARTS) is 1. The van der Waals surface area contributed by atoms with E-state index in [0.717, 1.165) is 17.1 Å². The minimum absolute atomic E-state index is 0.0453. The summed E-state index contributed by atoms with van der Waals surface area (Å²) in [7, 11) is 0. The van der Waals surface area contributed by atoms with E-state index in [4.69, 9.17) is 14.6 Å². The van der Waals surface area contributed by atoms with E-state index < -0.39 is 5.97 Å². The molecule has 1 aliphatic rings. The van der Waals surface area contributed by atoms with Crippen molar-refractivity contribution in [2.45, 2.75) is 12.8 Å². The molecule has 2 aromatic carbocycles. The molecule has 0 radical (unpaired) electrons. The number of hydrogen-bond acceptors (Lipinski definition) is 4. The maximum absolute atomic E-state index is 12.1. The molecule has 0 bridgehead atoms. The number of nitrogens with one attached hydrogen (secondary N) is 1. The van der Waals surface area contributed by atoms with Gasteiger partial charge in [-0.3, -0.25) is 4.79 Å². The summed E-state index contributed by atoms with van der Waals surface area (Å²) in [6.07, 6.45) is 0.701. The van der Waals surface area contributed by atoms with Crippen LogP contribution in [0.2, 0.25) is 0 Å². The van der Waals surface area contributed by atoms with Crippen LogP contribution in [-0.4, -0.2) is 36.7 Å². The molecule has 0 unspecified atom stereocenters. The smallest absolute Gasteiger partial charge is 0.335 e. The molecule has 0 aliphatic carbocycles. The third-order valence-electron chi connectivity index (χ3n) is 3.94. The lowest BCUT2D eigenvalue weighted by Crippen LogP contribution is -2.27. The number of ether oxygens (including phenoxy) is 2. The predicted molar refractivity (Wildman–Crippen MR) is 91.3 cm³/mol. The number of benzene rings is 2. The van der Waals surface area contributed by atoms with Crippen LogP contribution in [0.25, 0.3) is 0 Å². The van der Waals surface area contributed by atoms with E-state index in [1.54, 1.807) is 18.2 Å². The van der Waals surface area contributed by atoms with E-state index in [9.17, 15) is 9.59 Å². The van der Waals surface area contributed by atoms with Gasteiger partial charge in [0, 0.05) is 6.54 Å². The Morgan fingerprint density at radius 1 is 1.04 bits per heavy atom. The molecule has 0 aromatic heterocycles. The highest BCUT2D eigenvalue weighted by atomic mass is 16.6. The third-order valence-corrected chi connectivity index (χ3v) is 3.94. The van der Waals surface area contributed by atoms with Gasteiger partial charge in [0.15, 0.2) is 11.5 Å². The number of carbonyl (C=O) groups excluding carboxylic acids is 1. The van der Waals surface area contributed by atoms with Crippen LogP contribution in [0.4, 0.5) is 0 Å². The SMILES string of the molecule is O=C(Cc1ccccc1C(=O)O)NCCc1ccc2c(c1)OCCO2. The van der Waals surface area contributed by atoms with Gasteiger partial charge in [-0.2, -0.15) is 0 Å². The van der Waals surface area contributed by atoms with E-state index >= 15 is 0 Å².